The predicted octanol–water partition coefficient (Wildman–Crippen LogP) is 2.08. The van der Waals surface area contributed by atoms with Crippen molar-refractivity contribution in [3.05, 3.63) is 65.7 Å². The number of hydrogen-bond acceptors (Lipinski definition) is 6. The number of carbonyl (C=O) groups excluding carboxylic acids is 2. The maximum Gasteiger partial charge on any atom is 0.345 e. The van der Waals surface area contributed by atoms with Crippen LogP contribution in [0.3, 0.4) is 0 Å². The summed E-state index contributed by atoms with van der Waals surface area (Å²) in [6.45, 7) is 1.50. The first-order valence-corrected chi connectivity index (χ1v) is 8.91. The highest BCUT2D eigenvalue weighted by molar-refractivity contribution is 5.85. The Morgan fingerprint density at radius 1 is 1.07 bits per heavy atom. The molecular formula is C21H20N2O5. The average molecular weight is 380 g/mol. The number of amides is 1. The van der Waals surface area contributed by atoms with Gasteiger partial charge in [-0.2, -0.15) is 5.26 Å². The van der Waals surface area contributed by atoms with E-state index in [1.165, 1.54) is 0 Å². The van der Waals surface area contributed by atoms with E-state index in [1.54, 1.807) is 53.4 Å². The second kappa shape index (κ2) is 9.53. The summed E-state index contributed by atoms with van der Waals surface area (Å²) in [5.74, 6) is -0.493. The van der Waals surface area contributed by atoms with E-state index in [4.69, 9.17) is 19.5 Å². The maximum atomic E-state index is 12.9. The minimum absolute atomic E-state index is 0.277. The molecule has 28 heavy (non-hydrogen) atoms. The lowest BCUT2D eigenvalue weighted by atomic mass is 10.1. The zero-order chi connectivity index (χ0) is 19.8. The molecule has 1 aliphatic heterocycles. The first-order chi connectivity index (χ1) is 13.7. The molecule has 7 nitrogen and oxygen atoms in total. The Kier molecular flexibility index (Phi) is 6.60. The van der Waals surface area contributed by atoms with Gasteiger partial charge in [-0.25, -0.2) is 4.79 Å². The van der Waals surface area contributed by atoms with E-state index in [-0.39, 0.29) is 12.5 Å². The molecule has 1 atom stereocenters. The number of nitriles is 1. The van der Waals surface area contributed by atoms with Crippen LogP contribution in [0, 0.1) is 11.3 Å². The second-order valence-electron chi connectivity index (χ2n) is 6.14. The van der Waals surface area contributed by atoms with Crippen LogP contribution in [0.15, 0.2) is 54.6 Å². The summed E-state index contributed by atoms with van der Waals surface area (Å²) in [7, 11) is 0. The predicted molar refractivity (Wildman–Crippen MR) is 99.3 cm³/mol. The van der Waals surface area contributed by atoms with Crippen LogP contribution in [-0.2, 0) is 19.1 Å². The van der Waals surface area contributed by atoms with Gasteiger partial charge in [0.05, 0.1) is 24.8 Å². The van der Waals surface area contributed by atoms with Crippen LogP contribution in [0.1, 0.15) is 17.2 Å². The van der Waals surface area contributed by atoms with Crippen molar-refractivity contribution in [1.82, 2.24) is 4.90 Å². The summed E-state index contributed by atoms with van der Waals surface area (Å²) in [6.07, 6.45) is -1.03. The smallest absolute Gasteiger partial charge is 0.345 e. The van der Waals surface area contributed by atoms with Crippen molar-refractivity contribution in [2.45, 2.75) is 6.10 Å². The van der Waals surface area contributed by atoms with Gasteiger partial charge in [0.25, 0.3) is 5.91 Å². The third-order valence-corrected chi connectivity index (χ3v) is 4.24. The van der Waals surface area contributed by atoms with Crippen LogP contribution in [0.25, 0.3) is 0 Å². The van der Waals surface area contributed by atoms with Gasteiger partial charge in [-0.1, -0.05) is 30.3 Å². The summed E-state index contributed by atoms with van der Waals surface area (Å²) in [6, 6.07) is 17.3. The SMILES string of the molecule is N#Cc1ccc(OCC(=O)O[C@@H](C(=O)N2CCOCC2)c2ccccc2)cc1. The molecule has 1 heterocycles. The molecule has 0 bridgehead atoms. The van der Waals surface area contributed by atoms with E-state index >= 15 is 0 Å². The van der Waals surface area contributed by atoms with Gasteiger partial charge in [-0.3, -0.25) is 4.79 Å². The van der Waals surface area contributed by atoms with E-state index in [2.05, 4.69) is 0 Å². The minimum Gasteiger partial charge on any atom is -0.482 e. The lowest BCUT2D eigenvalue weighted by Gasteiger charge is -2.30. The highest BCUT2D eigenvalue weighted by atomic mass is 16.6. The van der Waals surface area contributed by atoms with Gasteiger partial charge in [0.1, 0.15) is 5.75 Å². The van der Waals surface area contributed by atoms with Gasteiger partial charge in [-0.15, -0.1) is 0 Å². The van der Waals surface area contributed by atoms with E-state index in [1.807, 2.05) is 12.1 Å². The van der Waals surface area contributed by atoms with Crippen LogP contribution in [0.2, 0.25) is 0 Å². The third-order valence-electron chi connectivity index (χ3n) is 4.24. The Labute approximate surface area is 163 Å². The number of ether oxygens (including phenoxy) is 3. The quantitative estimate of drug-likeness (QED) is 0.713. The Morgan fingerprint density at radius 2 is 1.75 bits per heavy atom. The number of nitrogens with zero attached hydrogens (tertiary/aromatic N) is 2. The third kappa shape index (κ3) is 5.09. The van der Waals surface area contributed by atoms with Gasteiger partial charge in [0.15, 0.2) is 6.61 Å². The molecule has 2 aromatic carbocycles. The number of rotatable bonds is 6. The van der Waals surface area contributed by atoms with Crippen molar-refractivity contribution in [3.8, 4) is 11.8 Å². The molecule has 0 aliphatic carbocycles. The van der Waals surface area contributed by atoms with Crippen molar-refractivity contribution in [2.75, 3.05) is 32.9 Å². The Hall–Kier alpha value is -3.37. The average Bonchev–Trinajstić information content (AvgIpc) is 2.77. The van der Waals surface area contributed by atoms with Crippen LogP contribution >= 0.6 is 0 Å². The van der Waals surface area contributed by atoms with Crippen LogP contribution in [0.4, 0.5) is 0 Å². The molecule has 0 unspecified atom stereocenters. The number of hydrogen-bond donors (Lipinski definition) is 0. The number of esters is 1. The largest absolute Gasteiger partial charge is 0.482 e. The lowest BCUT2D eigenvalue weighted by molar-refractivity contribution is -0.164. The molecule has 1 amide bonds. The highest BCUT2D eigenvalue weighted by Crippen LogP contribution is 2.21. The van der Waals surface area contributed by atoms with Crippen molar-refractivity contribution >= 4 is 11.9 Å². The molecule has 1 saturated heterocycles. The van der Waals surface area contributed by atoms with Crippen molar-refractivity contribution in [2.24, 2.45) is 0 Å². The number of benzene rings is 2. The standard InChI is InChI=1S/C21H20N2O5/c22-14-16-6-8-18(9-7-16)27-15-19(24)28-20(17-4-2-1-3-5-17)21(25)23-10-12-26-13-11-23/h1-9,20H,10-13,15H2/t20-/m1/s1. The zero-order valence-corrected chi connectivity index (χ0v) is 15.2. The van der Waals surface area contributed by atoms with Gasteiger partial charge < -0.3 is 19.1 Å². The van der Waals surface area contributed by atoms with Crippen LogP contribution in [0.5, 0.6) is 5.75 Å². The van der Waals surface area contributed by atoms with E-state index in [9.17, 15) is 9.59 Å². The molecular weight excluding hydrogens is 360 g/mol. The van der Waals surface area contributed by atoms with Crippen molar-refractivity contribution in [1.29, 1.82) is 5.26 Å². The number of carbonyl (C=O) groups is 2. The Bertz CT molecular complexity index is 839. The maximum absolute atomic E-state index is 12.9. The fraction of sp³-hybridized carbons (Fsp3) is 0.286. The molecule has 3 rings (SSSR count). The zero-order valence-electron chi connectivity index (χ0n) is 15.2. The fourth-order valence-electron chi connectivity index (χ4n) is 2.77. The molecule has 144 valence electrons. The van der Waals surface area contributed by atoms with E-state index < -0.39 is 12.1 Å². The molecule has 0 spiro atoms. The Morgan fingerprint density at radius 3 is 2.39 bits per heavy atom. The number of morpholine rings is 1. The molecule has 7 heteroatoms. The van der Waals surface area contributed by atoms with Gasteiger partial charge >= 0.3 is 5.97 Å². The van der Waals surface area contributed by atoms with E-state index in [0.717, 1.165) is 0 Å². The molecule has 0 aromatic heterocycles. The molecule has 0 radical (unpaired) electrons. The van der Waals surface area contributed by atoms with E-state index in [0.29, 0.717) is 43.2 Å². The van der Waals surface area contributed by atoms with Crippen LogP contribution < -0.4 is 4.74 Å². The molecule has 0 saturated carbocycles. The highest BCUT2D eigenvalue weighted by Gasteiger charge is 2.30. The monoisotopic (exact) mass is 380 g/mol. The summed E-state index contributed by atoms with van der Waals surface area (Å²) in [4.78, 5) is 26.9. The molecule has 2 aromatic rings. The fourth-order valence-corrected chi connectivity index (χ4v) is 2.77. The van der Waals surface area contributed by atoms with Crippen LogP contribution in [-0.4, -0.2) is 49.7 Å². The topological polar surface area (TPSA) is 88.9 Å². The Balaban J connectivity index is 1.65. The summed E-state index contributed by atoms with van der Waals surface area (Å²) < 4.78 is 16.1. The first kappa shape index (κ1) is 19.4. The summed E-state index contributed by atoms with van der Waals surface area (Å²) in [5.41, 5.74) is 1.10. The van der Waals surface area contributed by atoms with Crippen molar-refractivity contribution < 1.29 is 23.8 Å². The van der Waals surface area contributed by atoms with Gasteiger partial charge in [-0.05, 0) is 24.3 Å². The molecule has 1 fully saturated rings. The summed E-state index contributed by atoms with van der Waals surface area (Å²) >= 11 is 0. The normalized spacial score (nSPS) is 14.6. The van der Waals surface area contributed by atoms with Crippen molar-refractivity contribution in [3.63, 3.8) is 0 Å². The minimum atomic E-state index is -1.03. The van der Waals surface area contributed by atoms with Gasteiger partial charge in [0.2, 0.25) is 6.10 Å². The summed E-state index contributed by atoms with van der Waals surface area (Å²) in [5, 5.41) is 8.80. The lowest BCUT2D eigenvalue weighted by Crippen LogP contribution is -2.44. The molecule has 0 N–H and O–H groups in total. The second-order valence-corrected chi connectivity index (χ2v) is 6.14. The first-order valence-electron chi connectivity index (χ1n) is 8.91. The molecule has 1 aliphatic rings. The van der Waals surface area contributed by atoms with Gasteiger partial charge in [0, 0.05) is 18.7 Å².